The lowest BCUT2D eigenvalue weighted by Crippen LogP contribution is -2.30. The maximum Gasteiger partial charge on any atom is 0.119 e. The van der Waals surface area contributed by atoms with E-state index in [1.807, 2.05) is 13.8 Å². The topological polar surface area (TPSA) is 107 Å². The fourth-order valence-electron chi connectivity index (χ4n) is 2.46. The molecule has 0 saturated heterocycles. The highest BCUT2D eigenvalue weighted by atomic mass is 16.3. The van der Waals surface area contributed by atoms with Gasteiger partial charge in [0.15, 0.2) is 0 Å². The second-order valence-electron chi connectivity index (χ2n) is 5.67. The zero-order valence-corrected chi connectivity index (χ0v) is 12.0. The van der Waals surface area contributed by atoms with Gasteiger partial charge in [-0.3, -0.25) is 0 Å². The van der Waals surface area contributed by atoms with Crippen LogP contribution in [0.25, 0.3) is 0 Å². The van der Waals surface area contributed by atoms with Gasteiger partial charge < -0.3 is 26.2 Å². The van der Waals surface area contributed by atoms with Crippen LogP contribution in [0.4, 0.5) is 0 Å². The Morgan fingerprint density at radius 2 is 1.60 bits per heavy atom. The van der Waals surface area contributed by atoms with E-state index in [4.69, 9.17) is 5.73 Å². The summed E-state index contributed by atoms with van der Waals surface area (Å²) in [5.74, 6) is -0.320. The summed E-state index contributed by atoms with van der Waals surface area (Å²) in [4.78, 5) is 0. The highest BCUT2D eigenvalue weighted by Crippen LogP contribution is 2.34. The van der Waals surface area contributed by atoms with Crippen LogP contribution in [0.1, 0.15) is 38.4 Å². The lowest BCUT2D eigenvalue weighted by atomic mass is 9.83. The molecule has 3 atom stereocenters. The van der Waals surface area contributed by atoms with Gasteiger partial charge in [-0.05, 0) is 43.0 Å². The highest BCUT2D eigenvalue weighted by Gasteiger charge is 2.29. The van der Waals surface area contributed by atoms with Gasteiger partial charge in [-0.25, -0.2) is 0 Å². The first-order valence-corrected chi connectivity index (χ1v) is 6.94. The number of phenolic OH excluding ortho intramolecular Hbond substituents is 2. The summed E-state index contributed by atoms with van der Waals surface area (Å²) in [6.45, 7) is 4.36. The molecule has 114 valence electrons. The van der Waals surface area contributed by atoms with Crippen molar-refractivity contribution in [3.63, 3.8) is 0 Å². The number of hydrogen-bond donors (Lipinski definition) is 5. The van der Waals surface area contributed by atoms with Gasteiger partial charge in [0.1, 0.15) is 11.5 Å². The van der Waals surface area contributed by atoms with Crippen LogP contribution in [0.5, 0.6) is 11.5 Å². The van der Waals surface area contributed by atoms with Crippen LogP contribution < -0.4 is 5.73 Å². The number of aliphatic hydroxyl groups excluding tert-OH is 2. The van der Waals surface area contributed by atoms with Gasteiger partial charge in [0.05, 0.1) is 12.2 Å². The normalized spacial score (nSPS) is 16.1. The molecule has 1 aromatic rings. The van der Waals surface area contributed by atoms with Gasteiger partial charge in [-0.1, -0.05) is 13.8 Å². The largest absolute Gasteiger partial charge is 0.508 e. The van der Waals surface area contributed by atoms with Gasteiger partial charge in [0.25, 0.3) is 0 Å². The zero-order valence-electron chi connectivity index (χ0n) is 12.0. The molecule has 0 aliphatic heterocycles. The monoisotopic (exact) mass is 283 g/mol. The Kier molecular flexibility index (Phi) is 6.26. The maximum atomic E-state index is 10.5. The minimum absolute atomic E-state index is 0.115. The summed E-state index contributed by atoms with van der Waals surface area (Å²) in [6, 6.07) is 3.99. The predicted octanol–water partition coefficient (Wildman–Crippen LogP) is 1.50. The molecule has 0 amide bonds. The van der Waals surface area contributed by atoms with Crippen molar-refractivity contribution < 1.29 is 20.4 Å². The highest BCUT2D eigenvalue weighted by molar-refractivity contribution is 5.37. The molecule has 0 aromatic heterocycles. The molecule has 0 heterocycles. The average molecular weight is 283 g/mol. The van der Waals surface area contributed by atoms with Crippen molar-refractivity contribution in [3.05, 3.63) is 23.8 Å². The predicted molar refractivity (Wildman–Crippen MR) is 77.4 cm³/mol. The molecule has 0 radical (unpaired) electrons. The molecule has 0 saturated carbocycles. The molecular weight excluding hydrogens is 258 g/mol. The van der Waals surface area contributed by atoms with Crippen molar-refractivity contribution in [1.29, 1.82) is 0 Å². The van der Waals surface area contributed by atoms with Crippen molar-refractivity contribution in [2.75, 3.05) is 6.54 Å². The Labute approximate surface area is 119 Å². The molecule has 0 unspecified atom stereocenters. The molecule has 1 rings (SSSR count). The lowest BCUT2D eigenvalue weighted by Gasteiger charge is -2.29. The third-order valence-corrected chi connectivity index (χ3v) is 3.37. The van der Waals surface area contributed by atoms with Crippen LogP contribution in [0.3, 0.4) is 0 Å². The number of phenols is 2. The van der Waals surface area contributed by atoms with E-state index in [0.29, 0.717) is 30.9 Å². The fraction of sp³-hybridized carbons (Fsp3) is 0.600. The maximum absolute atomic E-state index is 10.5. The van der Waals surface area contributed by atoms with E-state index >= 15 is 0 Å². The quantitative estimate of drug-likeness (QED) is 0.521. The van der Waals surface area contributed by atoms with Crippen LogP contribution in [-0.2, 0) is 0 Å². The Morgan fingerprint density at radius 3 is 2.05 bits per heavy atom. The molecule has 20 heavy (non-hydrogen) atoms. The Balaban J connectivity index is 2.98. The molecule has 0 aliphatic carbocycles. The molecule has 1 aromatic carbocycles. The third kappa shape index (κ3) is 4.67. The second-order valence-corrected chi connectivity index (χ2v) is 5.67. The molecule has 0 aliphatic rings. The van der Waals surface area contributed by atoms with Crippen LogP contribution in [0, 0.1) is 11.8 Å². The summed E-state index contributed by atoms with van der Waals surface area (Å²) in [5.41, 5.74) is 5.86. The molecule has 0 spiro atoms. The first kappa shape index (κ1) is 16.8. The van der Waals surface area contributed by atoms with Gasteiger partial charge in [0.2, 0.25) is 0 Å². The first-order chi connectivity index (χ1) is 9.35. The fourth-order valence-corrected chi connectivity index (χ4v) is 2.46. The van der Waals surface area contributed by atoms with Crippen LogP contribution in [0.2, 0.25) is 0 Å². The van der Waals surface area contributed by atoms with E-state index in [-0.39, 0.29) is 17.4 Å². The molecule has 5 nitrogen and oxygen atoms in total. The Hall–Kier alpha value is -1.30. The number of nitrogens with two attached hydrogens (primary N) is 1. The third-order valence-electron chi connectivity index (χ3n) is 3.37. The summed E-state index contributed by atoms with van der Waals surface area (Å²) >= 11 is 0. The van der Waals surface area contributed by atoms with E-state index < -0.39 is 12.2 Å². The number of hydrogen-bond acceptors (Lipinski definition) is 5. The minimum Gasteiger partial charge on any atom is -0.508 e. The van der Waals surface area contributed by atoms with E-state index in [1.54, 1.807) is 0 Å². The van der Waals surface area contributed by atoms with Gasteiger partial charge in [-0.15, -0.1) is 0 Å². The summed E-state index contributed by atoms with van der Waals surface area (Å²) in [6.07, 6.45) is -0.656. The van der Waals surface area contributed by atoms with E-state index in [2.05, 4.69) is 0 Å². The summed E-state index contributed by atoms with van der Waals surface area (Å²) < 4.78 is 0. The summed E-state index contributed by atoms with van der Waals surface area (Å²) in [7, 11) is 0. The lowest BCUT2D eigenvalue weighted by molar-refractivity contribution is -0.00231. The van der Waals surface area contributed by atoms with Crippen LogP contribution in [-0.4, -0.2) is 33.1 Å². The van der Waals surface area contributed by atoms with Crippen LogP contribution >= 0.6 is 0 Å². The van der Waals surface area contributed by atoms with E-state index in [1.165, 1.54) is 18.2 Å². The smallest absolute Gasteiger partial charge is 0.119 e. The SMILES string of the molecule is CC(C)C[C@H]([C@H](O)CCN)[C@@H](O)c1cc(O)cc(O)c1. The molecular formula is C15H25NO4. The van der Waals surface area contributed by atoms with Crippen LogP contribution in [0.15, 0.2) is 18.2 Å². The average Bonchev–Trinajstić information content (AvgIpc) is 2.34. The number of rotatable bonds is 7. The first-order valence-electron chi connectivity index (χ1n) is 6.94. The van der Waals surface area contributed by atoms with Gasteiger partial charge in [0, 0.05) is 12.0 Å². The molecule has 6 N–H and O–H groups in total. The van der Waals surface area contributed by atoms with Crippen molar-refractivity contribution in [2.45, 2.75) is 38.9 Å². The minimum atomic E-state index is -0.961. The van der Waals surface area contributed by atoms with Gasteiger partial charge in [-0.2, -0.15) is 0 Å². The molecule has 5 heteroatoms. The van der Waals surface area contributed by atoms with Crippen molar-refractivity contribution in [1.82, 2.24) is 0 Å². The number of benzene rings is 1. The van der Waals surface area contributed by atoms with E-state index in [0.717, 1.165) is 0 Å². The van der Waals surface area contributed by atoms with Crippen molar-refractivity contribution in [3.8, 4) is 11.5 Å². The molecule has 0 fully saturated rings. The number of aliphatic hydroxyl groups is 2. The zero-order chi connectivity index (χ0) is 15.3. The van der Waals surface area contributed by atoms with E-state index in [9.17, 15) is 20.4 Å². The van der Waals surface area contributed by atoms with Crippen molar-refractivity contribution >= 4 is 0 Å². The Morgan fingerprint density at radius 1 is 1.05 bits per heavy atom. The second kappa shape index (κ2) is 7.47. The summed E-state index contributed by atoms with van der Waals surface area (Å²) in [5, 5.41) is 39.6. The molecule has 0 bridgehead atoms. The standard InChI is InChI=1S/C15H25NO4/c1-9(2)5-13(14(19)3-4-16)15(20)10-6-11(17)8-12(18)7-10/h6-9,13-15,17-20H,3-5,16H2,1-2H3/t13-,14-,15+/m1/s1. The van der Waals surface area contributed by atoms with Gasteiger partial charge >= 0.3 is 0 Å². The number of aromatic hydroxyl groups is 2. The van der Waals surface area contributed by atoms with Crippen molar-refractivity contribution in [2.24, 2.45) is 17.6 Å². The Bertz CT molecular complexity index is 402.